The summed E-state index contributed by atoms with van der Waals surface area (Å²) in [7, 11) is 0. The summed E-state index contributed by atoms with van der Waals surface area (Å²) in [4.78, 5) is 13.9. The van der Waals surface area contributed by atoms with Gasteiger partial charge in [0.15, 0.2) is 0 Å². The van der Waals surface area contributed by atoms with E-state index in [1.807, 2.05) is 48.5 Å². The van der Waals surface area contributed by atoms with Crippen LogP contribution in [0.5, 0.6) is 0 Å². The number of rotatable bonds is 8. The highest BCUT2D eigenvalue weighted by molar-refractivity contribution is 9.09. The zero-order chi connectivity index (χ0) is 19.8. The second-order valence-corrected chi connectivity index (χ2v) is 10.9. The second-order valence-electron chi connectivity index (χ2n) is 8.04. The Kier molecular flexibility index (Phi) is 6.57. The van der Waals surface area contributed by atoms with Crippen LogP contribution in [0.1, 0.15) is 46.5 Å². The molecule has 28 heavy (non-hydrogen) atoms. The number of alkyl halides is 2. The molecule has 2 fully saturated rings. The number of hydrogen-bond donors (Lipinski definition) is 0. The normalized spacial score (nSPS) is 21.0. The van der Waals surface area contributed by atoms with E-state index in [9.17, 15) is 4.79 Å². The summed E-state index contributed by atoms with van der Waals surface area (Å²) in [6, 6.07) is 15.7. The van der Waals surface area contributed by atoms with Crippen LogP contribution in [0.4, 0.5) is 0 Å². The maximum absolute atomic E-state index is 13.9. The van der Waals surface area contributed by atoms with E-state index in [1.165, 1.54) is 0 Å². The molecule has 0 amide bonds. The van der Waals surface area contributed by atoms with Crippen molar-refractivity contribution < 1.29 is 4.79 Å². The third-order valence-corrected chi connectivity index (χ3v) is 8.62. The van der Waals surface area contributed by atoms with E-state index >= 15 is 0 Å². The first-order chi connectivity index (χ1) is 13.5. The first-order valence-electron chi connectivity index (χ1n) is 9.78. The molecule has 1 nitrogen and oxygen atoms in total. The lowest BCUT2D eigenvalue weighted by Crippen LogP contribution is -2.32. The molecule has 2 saturated carbocycles. The number of halogens is 4. The fraction of sp³-hybridized carbons (Fsp3) is 0.435. The minimum atomic E-state index is -0.000810. The first-order valence-corrected chi connectivity index (χ1v) is 12.4. The number of ketones is 1. The minimum absolute atomic E-state index is 0.000810. The monoisotopic (exact) mass is 542 g/mol. The zero-order valence-corrected chi connectivity index (χ0v) is 20.0. The molecule has 4 atom stereocenters. The minimum Gasteiger partial charge on any atom is -0.299 e. The quantitative estimate of drug-likeness (QED) is 0.306. The van der Waals surface area contributed by atoms with Gasteiger partial charge in [0, 0.05) is 31.5 Å². The zero-order valence-electron chi connectivity index (χ0n) is 15.3. The van der Waals surface area contributed by atoms with Crippen LogP contribution in [0.25, 0.3) is 0 Å². The predicted molar refractivity (Wildman–Crippen MR) is 124 cm³/mol. The van der Waals surface area contributed by atoms with Crippen molar-refractivity contribution in [2.45, 2.75) is 35.3 Å². The Morgan fingerprint density at radius 2 is 1.04 bits per heavy atom. The summed E-state index contributed by atoms with van der Waals surface area (Å²) < 4.78 is 0. The molecular weight excluding hydrogens is 523 g/mol. The van der Waals surface area contributed by atoms with Crippen LogP contribution in [0.2, 0.25) is 10.0 Å². The highest BCUT2D eigenvalue weighted by Gasteiger charge is 2.49. The molecule has 0 aliphatic heterocycles. The molecule has 4 rings (SSSR count). The second kappa shape index (κ2) is 8.79. The number of Topliss-reactive ketones (excluding diaryl/α,β-unsaturated/α-hetero) is 1. The molecule has 4 unspecified atom stereocenters. The van der Waals surface area contributed by atoms with Gasteiger partial charge >= 0.3 is 0 Å². The Hall–Kier alpha value is -0.350. The molecule has 0 radical (unpaired) electrons. The van der Waals surface area contributed by atoms with Gasteiger partial charge in [-0.25, -0.2) is 0 Å². The fourth-order valence-corrected chi connectivity index (χ4v) is 6.32. The van der Waals surface area contributed by atoms with E-state index < -0.39 is 0 Å². The van der Waals surface area contributed by atoms with Crippen molar-refractivity contribution in [3.63, 3.8) is 0 Å². The summed E-state index contributed by atoms with van der Waals surface area (Å²) in [6.45, 7) is 0. The largest absolute Gasteiger partial charge is 0.299 e. The molecule has 2 aromatic carbocycles. The number of hydrogen-bond acceptors (Lipinski definition) is 1. The van der Waals surface area contributed by atoms with E-state index in [4.69, 9.17) is 23.2 Å². The summed E-state index contributed by atoms with van der Waals surface area (Å²) in [5, 5.41) is 1.44. The summed E-state index contributed by atoms with van der Waals surface area (Å²) in [6.07, 6.45) is 4.55. The molecule has 2 aromatic rings. The summed E-state index contributed by atoms with van der Waals surface area (Å²) >= 11 is 19.9. The maximum atomic E-state index is 13.9. The highest BCUT2D eigenvalue weighted by atomic mass is 79.9. The van der Waals surface area contributed by atoms with Gasteiger partial charge in [0.05, 0.1) is 0 Å². The summed E-state index contributed by atoms with van der Waals surface area (Å²) in [5.41, 5.74) is 2.25. The van der Waals surface area contributed by atoms with Gasteiger partial charge in [-0.2, -0.15) is 0 Å². The molecule has 148 valence electrons. The van der Waals surface area contributed by atoms with Crippen LogP contribution < -0.4 is 0 Å². The van der Waals surface area contributed by atoms with Crippen molar-refractivity contribution in [2.75, 3.05) is 0 Å². The van der Waals surface area contributed by atoms with Crippen LogP contribution in [0.15, 0.2) is 48.5 Å². The van der Waals surface area contributed by atoms with Gasteiger partial charge in [-0.15, -0.1) is 0 Å². The third-order valence-electron chi connectivity index (χ3n) is 5.92. The smallest absolute Gasteiger partial charge is 0.142 e. The average molecular weight is 545 g/mol. The van der Waals surface area contributed by atoms with Crippen molar-refractivity contribution in [1.82, 2.24) is 0 Å². The number of benzene rings is 2. The lowest BCUT2D eigenvalue weighted by molar-refractivity contribution is -0.128. The standard InChI is InChI=1S/C23H22Br2Cl2O/c24-21(15-5-9-17(26)10-6-15)19(13-1-2-13)23(28)20(14-3-4-14)22(25)16-7-11-18(27)12-8-16/h5-14,19-22H,1-4H2. The molecule has 2 aliphatic rings. The molecular formula is C23H22Br2Cl2O. The van der Waals surface area contributed by atoms with E-state index in [0.717, 1.165) is 46.9 Å². The van der Waals surface area contributed by atoms with Gasteiger partial charge in [0.2, 0.25) is 0 Å². The van der Waals surface area contributed by atoms with Crippen molar-refractivity contribution in [2.24, 2.45) is 23.7 Å². The topological polar surface area (TPSA) is 17.1 Å². The van der Waals surface area contributed by atoms with Crippen LogP contribution in [0, 0.1) is 23.7 Å². The Labute approximate surface area is 193 Å². The Bertz CT molecular complexity index is 759. The van der Waals surface area contributed by atoms with Crippen LogP contribution >= 0.6 is 55.1 Å². The van der Waals surface area contributed by atoms with Crippen LogP contribution in [0.3, 0.4) is 0 Å². The van der Waals surface area contributed by atoms with Gasteiger partial charge < -0.3 is 0 Å². The lowest BCUT2D eigenvalue weighted by Gasteiger charge is -2.29. The molecule has 0 aromatic heterocycles. The third kappa shape index (κ3) is 4.69. The van der Waals surface area contributed by atoms with Crippen molar-refractivity contribution in [1.29, 1.82) is 0 Å². The maximum Gasteiger partial charge on any atom is 0.142 e. The van der Waals surface area contributed by atoms with E-state index in [2.05, 4.69) is 31.9 Å². The molecule has 0 N–H and O–H groups in total. The Balaban J connectivity index is 1.60. The SMILES string of the molecule is O=C(C(C1CC1)C(Br)c1ccc(Cl)cc1)C(C1CC1)C(Br)c1ccc(Cl)cc1. The molecule has 2 aliphatic carbocycles. The number of carbonyl (C=O) groups excluding carboxylic acids is 1. The van der Waals surface area contributed by atoms with Crippen molar-refractivity contribution in [3.8, 4) is 0 Å². The van der Waals surface area contributed by atoms with Crippen LogP contribution in [-0.2, 0) is 4.79 Å². The highest BCUT2D eigenvalue weighted by Crippen LogP contribution is 2.54. The van der Waals surface area contributed by atoms with E-state index in [1.54, 1.807) is 0 Å². The summed E-state index contributed by atoms with van der Waals surface area (Å²) in [5.74, 6) is 1.33. The Morgan fingerprint density at radius 3 is 1.32 bits per heavy atom. The van der Waals surface area contributed by atoms with Crippen LogP contribution in [-0.4, -0.2) is 5.78 Å². The van der Waals surface area contributed by atoms with Crippen molar-refractivity contribution in [3.05, 3.63) is 69.7 Å². The predicted octanol–water partition coefficient (Wildman–Crippen LogP) is 8.19. The van der Waals surface area contributed by atoms with E-state index in [0.29, 0.717) is 17.6 Å². The average Bonchev–Trinajstić information content (AvgIpc) is 3.58. The van der Waals surface area contributed by atoms with Gasteiger partial charge in [-0.1, -0.05) is 79.3 Å². The molecule has 0 bridgehead atoms. The van der Waals surface area contributed by atoms with Gasteiger partial charge in [-0.05, 0) is 72.9 Å². The van der Waals surface area contributed by atoms with E-state index in [-0.39, 0.29) is 21.5 Å². The molecule has 0 saturated heterocycles. The molecule has 0 spiro atoms. The van der Waals surface area contributed by atoms with Gasteiger partial charge in [0.25, 0.3) is 0 Å². The Morgan fingerprint density at radius 1 is 0.714 bits per heavy atom. The first kappa shape index (κ1) is 20.9. The van der Waals surface area contributed by atoms with Gasteiger partial charge in [-0.3, -0.25) is 4.79 Å². The molecule has 0 heterocycles. The fourth-order valence-electron chi connectivity index (χ4n) is 4.07. The number of carbonyl (C=O) groups is 1. The lowest BCUT2D eigenvalue weighted by atomic mass is 9.79. The molecule has 5 heteroatoms. The van der Waals surface area contributed by atoms with Crippen molar-refractivity contribution >= 4 is 60.8 Å². The van der Waals surface area contributed by atoms with Gasteiger partial charge in [0.1, 0.15) is 5.78 Å².